The minimum absolute atomic E-state index is 0.104. The fraction of sp³-hybridized carbons (Fsp3) is 0.333. The summed E-state index contributed by atoms with van der Waals surface area (Å²) in [5, 5.41) is 0. The Kier molecular flexibility index (Phi) is 3.54. The van der Waals surface area contributed by atoms with Gasteiger partial charge in [-0.25, -0.2) is 13.8 Å². The van der Waals surface area contributed by atoms with Gasteiger partial charge in [0, 0.05) is 7.05 Å². The predicted molar refractivity (Wildman–Crippen MR) is 51.6 cm³/mol. The molecular formula is C9H11F2N3O. The number of anilines is 1. The summed E-state index contributed by atoms with van der Waals surface area (Å²) in [6.07, 6.45) is -1.24. The lowest BCUT2D eigenvalue weighted by Crippen LogP contribution is -2.31. The third kappa shape index (κ3) is 3.16. The van der Waals surface area contributed by atoms with Crippen LogP contribution in [0.25, 0.3) is 0 Å². The first kappa shape index (κ1) is 11.4. The Balaban J connectivity index is 2.72. The molecule has 2 N–H and O–H groups in total. The second-order valence-corrected chi connectivity index (χ2v) is 3.05. The summed E-state index contributed by atoms with van der Waals surface area (Å²) >= 11 is 0. The molecule has 0 spiro atoms. The normalized spacial score (nSPS) is 10.4. The number of carbonyl (C=O) groups excluding carboxylic acids is 1. The van der Waals surface area contributed by atoms with E-state index in [9.17, 15) is 13.6 Å². The Bertz CT molecular complexity index is 340. The molecule has 0 fully saturated rings. The molecule has 0 atom stereocenters. The van der Waals surface area contributed by atoms with Crippen LogP contribution in [0.5, 0.6) is 0 Å². The summed E-state index contributed by atoms with van der Waals surface area (Å²) in [5.74, 6) is -0.546. The van der Waals surface area contributed by atoms with Crippen molar-refractivity contribution in [3.8, 4) is 0 Å². The van der Waals surface area contributed by atoms with E-state index in [0.717, 1.165) is 4.90 Å². The van der Waals surface area contributed by atoms with Crippen molar-refractivity contribution in [2.45, 2.75) is 6.43 Å². The Hall–Kier alpha value is -1.72. The third-order valence-electron chi connectivity index (χ3n) is 1.76. The Labute approximate surface area is 85.7 Å². The van der Waals surface area contributed by atoms with Crippen LogP contribution in [0.15, 0.2) is 18.3 Å². The minimum Gasteiger partial charge on any atom is -0.397 e. The molecule has 0 radical (unpaired) electrons. The zero-order chi connectivity index (χ0) is 11.4. The zero-order valence-electron chi connectivity index (χ0n) is 8.15. The van der Waals surface area contributed by atoms with E-state index in [2.05, 4.69) is 4.98 Å². The molecule has 1 amide bonds. The van der Waals surface area contributed by atoms with Gasteiger partial charge in [0.25, 0.3) is 12.3 Å². The van der Waals surface area contributed by atoms with Crippen LogP contribution in [0, 0.1) is 0 Å². The molecule has 1 aromatic heterocycles. The summed E-state index contributed by atoms with van der Waals surface area (Å²) in [5.41, 5.74) is 5.90. The summed E-state index contributed by atoms with van der Waals surface area (Å²) < 4.78 is 24.0. The number of halogens is 2. The van der Waals surface area contributed by atoms with E-state index in [-0.39, 0.29) is 5.69 Å². The third-order valence-corrected chi connectivity index (χ3v) is 1.76. The lowest BCUT2D eigenvalue weighted by molar-refractivity contribution is 0.0615. The Morgan fingerprint density at radius 2 is 2.27 bits per heavy atom. The number of nitrogen functional groups attached to an aromatic ring is 1. The maximum absolute atomic E-state index is 12.0. The van der Waals surface area contributed by atoms with Gasteiger partial charge in [-0.1, -0.05) is 0 Å². The molecule has 0 saturated heterocycles. The van der Waals surface area contributed by atoms with Gasteiger partial charge in [0.2, 0.25) is 0 Å². The van der Waals surface area contributed by atoms with Crippen molar-refractivity contribution in [3.05, 3.63) is 24.0 Å². The number of hydrogen-bond acceptors (Lipinski definition) is 3. The van der Waals surface area contributed by atoms with E-state index in [0.29, 0.717) is 5.69 Å². The highest BCUT2D eigenvalue weighted by molar-refractivity contribution is 5.92. The first-order valence-electron chi connectivity index (χ1n) is 4.26. The number of nitrogens with zero attached hydrogens (tertiary/aromatic N) is 2. The first-order valence-corrected chi connectivity index (χ1v) is 4.26. The van der Waals surface area contributed by atoms with Crippen molar-refractivity contribution in [1.29, 1.82) is 0 Å². The van der Waals surface area contributed by atoms with E-state index in [1.165, 1.54) is 25.4 Å². The number of carbonyl (C=O) groups is 1. The molecule has 1 heterocycles. The van der Waals surface area contributed by atoms with Crippen LogP contribution in [0.4, 0.5) is 14.5 Å². The lowest BCUT2D eigenvalue weighted by atomic mass is 10.3. The van der Waals surface area contributed by atoms with Gasteiger partial charge >= 0.3 is 0 Å². The maximum Gasteiger partial charge on any atom is 0.272 e. The quantitative estimate of drug-likeness (QED) is 0.818. The van der Waals surface area contributed by atoms with Gasteiger partial charge in [0.1, 0.15) is 5.69 Å². The van der Waals surface area contributed by atoms with Crippen molar-refractivity contribution in [2.75, 3.05) is 19.3 Å². The Morgan fingerprint density at radius 3 is 2.73 bits per heavy atom. The number of pyridine rings is 1. The number of nitrogens with two attached hydrogens (primary N) is 1. The number of hydrogen-bond donors (Lipinski definition) is 1. The van der Waals surface area contributed by atoms with E-state index >= 15 is 0 Å². The molecule has 0 aliphatic heterocycles. The van der Waals surface area contributed by atoms with Gasteiger partial charge < -0.3 is 10.6 Å². The largest absolute Gasteiger partial charge is 0.397 e. The molecule has 0 unspecified atom stereocenters. The number of alkyl halides is 2. The summed E-state index contributed by atoms with van der Waals surface area (Å²) in [6.45, 7) is -0.606. The number of aromatic nitrogens is 1. The second kappa shape index (κ2) is 4.68. The van der Waals surface area contributed by atoms with Crippen LogP contribution in [-0.4, -0.2) is 35.8 Å². The number of rotatable bonds is 3. The van der Waals surface area contributed by atoms with Crippen molar-refractivity contribution in [2.24, 2.45) is 0 Å². The second-order valence-electron chi connectivity index (χ2n) is 3.05. The molecule has 82 valence electrons. The summed E-state index contributed by atoms with van der Waals surface area (Å²) in [7, 11) is 1.30. The van der Waals surface area contributed by atoms with Gasteiger partial charge in [-0.3, -0.25) is 4.79 Å². The average molecular weight is 215 g/mol. The molecule has 0 saturated carbocycles. The van der Waals surface area contributed by atoms with Gasteiger partial charge in [-0.05, 0) is 12.1 Å². The average Bonchev–Trinajstić information content (AvgIpc) is 2.17. The van der Waals surface area contributed by atoms with Crippen LogP contribution in [-0.2, 0) is 0 Å². The van der Waals surface area contributed by atoms with E-state index in [1.54, 1.807) is 0 Å². The molecule has 0 aliphatic carbocycles. The predicted octanol–water partition coefficient (Wildman–Crippen LogP) is 1.00. The maximum atomic E-state index is 12.0. The minimum atomic E-state index is -2.55. The SMILES string of the molecule is CN(CC(F)F)C(=O)c1ccc(N)cn1. The van der Waals surface area contributed by atoms with Crippen molar-refractivity contribution in [1.82, 2.24) is 9.88 Å². The molecule has 1 aromatic rings. The van der Waals surface area contributed by atoms with Crippen molar-refractivity contribution < 1.29 is 13.6 Å². The molecule has 0 aliphatic rings. The van der Waals surface area contributed by atoms with Crippen molar-refractivity contribution >= 4 is 11.6 Å². The molecule has 0 aromatic carbocycles. The first-order chi connectivity index (χ1) is 7.00. The highest BCUT2D eigenvalue weighted by Crippen LogP contribution is 2.05. The van der Waals surface area contributed by atoms with Crippen LogP contribution in [0.1, 0.15) is 10.5 Å². The molecule has 1 rings (SSSR count). The van der Waals surface area contributed by atoms with Gasteiger partial charge in [0.15, 0.2) is 0 Å². The van der Waals surface area contributed by atoms with Crippen LogP contribution in [0.2, 0.25) is 0 Å². The molecule has 6 heteroatoms. The smallest absolute Gasteiger partial charge is 0.272 e. The lowest BCUT2D eigenvalue weighted by Gasteiger charge is -2.15. The van der Waals surface area contributed by atoms with E-state index < -0.39 is 18.9 Å². The van der Waals surface area contributed by atoms with Gasteiger partial charge in [0.05, 0.1) is 18.4 Å². The van der Waals surface area contributed by atoms with Crippen molar-refractivity contribution in [3.63, 3.8) is 0 Å². The zero-order valence-corrected chi connectivity index (χ0v) is 8.15. The summed E-state index contributed by atoms with van der Waals surface area (Å²) in [6, 6.07) is 2.90. The molecular weight excluding hydrogens is 204 g/mol. The fourth-order valence-corrected chi connectivity index (χ4v) is 1.02. The van der Waals surface area contributed by atoms with Gasteiger partial charge in [-0.15, -0.1) is 0 Å². The topological polar surface area (TPSA) is 59.2 Å². The molecule has 15 heavy (non-hydrogen) atoms. The molecule has 0 bridgehead atoms. The monoisotopic (exact) mass is 215 g/mol. The fourth-order valence-electron chi connectivity index (χ4n) is 1.02. The van der Waals surface area contributed by atoms with Gasteiger partial charge in [-0.2, -0.15) is 0 Å². The molecule has 4 nitrogen and oxygen atoms in total. The van der Waals surface area contributed by atoms with E-state index in [1.807, 2.05) is 0 Å². The van der Waals surface area contributed by atoms with Crippen LogP contribution >= 0.6 is 0 Å². The summed E-state index contributed by atoms with van der Waals surface area (Å²) in [4.78, 5) is 16.1. The number of amides is 1. The Morgan fingerprint density at radius 1 is 1.60 bits per heavy atom. The standard InChI is InChI=1S/C9H11F2N3O/c1-14(5-8(10)11)9(15)7-3-2-6(12)4-13-7/h2-4,8H,5,12H2,1H3. The highest BCUT2D eigenvalue weighted by Gasteiger charge is 2.16. The van der Waals surface area contributed by atoms with Crippen LogP contribution in [0.3, 0.4) is 0 Å². The van der Waals surface area contributed by atoms with Crippen LogP contribution < -0.4 is 5.73 Å². The van der Waals surface area contributed by atoms with E-state index in [4.69, 9.17) is 5.73 Å². The highest BCUT2D eigenvalue weighted by atomic mass is 19.3.